The molecule has 2 N–H and O–H groups in total. The normalized spacial score (nSPS) is 11.1. The number of aryl methyl sites for hydroxylation is 1. The van der Waals surface area contributed by atoms with Gasteiger partial charge in [0.1, 0.15) is 11.6 Å². The monoisotopic (exact) mass is 347 g/mol. The van der Waals surface area contributed by atoms with Crippen LogP contribution in [0.5, 0.6) is 0 Å². The number of amides is 1. The van der Waals surface area contributed by atoms with Crippen molar-refractivity contribution in [3.05, 3.63) is 77.0 Å². The fraction of sp³-hybridized carbons (Fsp3) is 0.273. The van der Waals surface area contributed by atoms with E-state index in [1.54, 1.807) is 0 Å². The van der Waals surface area contributed by atoms with Crippen LogP contribution in [0.1, 0.15) is 36.5 Å². The second kappa shape index (κ2) is 9.43. The molecule has 0 aliphatic heterocycles. The molecule has 0 spiro atoms. The first-order chi connectivity index (χ1) is 12.5. The Hall–Kier alpha value is -3.06. The lowest BCUT2D eigenvalue weighted by Crippen LogP contribution is -2.19. The Morgan fingerprint density at radius 1 is 1.15 bits per heavy atom. The third-order valence-electron chi connectivity index (χ3n) is 4.18. The van der Waals surface area contributed by atoms with E-state index in [9.17, 15) is 10.1 Å². The van der Waals surface area contributed by atoms with Crippen molar-refractivity contribution in [2.75, 3.05) is 11.9 Å². The number of hydrogen-bond acceptors (Lipinski definition) is 3. The standard InChI is InChI=1S/C22H25N3O/c1-16(2)20-11-7-8-17(3)21(20)25-22(26)19(14-23)15-24-13-12-18-9-5-4-6-10-18/h4-11,15-16,24H,12-13H2,1-3H3,(H,25,26)/b19-15-. The van der Waals surface area contributed by atoms with E-state index in [1.807, 2.05) is 49.4 Å². The van der Waals surface area contributed by atoms with Gasteiger partial charge in [-0.25, -0.2) is 0 Å². The molecule has 0 atom stereocenters. The highest BCUT2D eigenvalue weighted by Crippen LogP contribution is 2.27. The molecule has 0 aromatic heterocycles. The van der Waals surface area contributed by atoms with Gasteiger partial charge < -0.3 is 10.6 Å². The van der Waals surface area contributed by atoms with Crippen molar-refractivity contribution in [2.45, 2.75) is 33.1 Å². The van der Waals surface area contributed by atoms with Gasteiger partial charge in [0.25, 0.3) is 5.91 Å². The second-order valence-electron chi connectivity index (χ2n) is 6.51. The summed E-state index contributed by atoms with van der Waals surface area (Å²) in [6.07, 6.45) is 2.32. The molecular weight excluding hydrogens is 322 g/mol. The number of hydrogen-bond donors (Lipinski definition) is 2. The fourth-order valence-corrected chi connectivity index (χ4v) is 2.71. The largest absolute Gasteiger partial charge is 0.389 e. The molecule has 4 nitrogen and oxygen atoms in total. The first-order valence-electron chi connectivity index (χ1n) is 8.81. The molecule has 134 valence electrons. The molecule has 2 aromatic rings. The summed E-state index contributed by atoms with van der Waals surface area (Å²) in [6, 6.07) is 18.0. The maximum atomic E-state index is 12.5. The van der Waals surface area contributed by atoms with Crippen LogP contribution in [0.3, 0.4) is 0 Å². The lowest BCUT2D eigenvalue weighted by Gasteiger charge is -2.16. The minimum Gasteiger partial charge on any atom is -0.389 e. The summed E-state index contributed by atoms with van der Waals surface area (Å²) in [7, 11) is 0. The maximum Gasteiger partial charge on any atom is 0.267 e. The van der Waals surface area contributed by atoms with E-state index in [-0.39, 0.29) is 11.5 Å². The molecule has 0 unspecified atom stereocenters. The zero-order valence-electron chi connectivity index (χ0n) is 15.5. The predicted octanol–water partition coefficient (Wildman–Crippen LogP) is 4.30. The number of para-hydroxylation sites is 1. The first-order valence-corrected chi connectivity index (χ1v) is 8.81. The van der Waals surface area contributed by atoms with Crippen LogP contribution >= 0.6 is 0 Å². The molecule has 0 saturated heterocycles. The molecule has 1 amide bonds. The van der Waals surface area contributed by atoms with Gasteiger partial charge in [0.2, 0.25) is 0 Å². The molecule has 0 saturated carbocycles. The molecular formula is C22H25N3O. The van der Waals surface area contributed by atoms with Crippen molar-refractivity contribution in [2.24, 2.45) is 0 Å². The summed E-state index contributed by atoms with van der Waals surface area (Å²) < 4.78 is 0. The van der Waals surface area contributed by atoms with Crippen LogP contribution in [-0.2, 0) is 11.2 Å². The predicted molar refractivity (Wildman–Crippen MR) is 106 cm³/mol. The van der Waals surface area contributed by atoms with Crippen molar-refractivity contribution in [3.63, 3.8) is 0 Å². The zero-order chi connectivity index (χ0) is 18.9. The molecule has 4 heteroatoms. The summed E-state index contributed by atoms with van der Waals surface area (Å²) in [5.41, 5.74) is 4.11. The number of benzene rings is 2. The third kappa shape index (κ3) is 5.22. The maximum absolute atomic E-state index is 12.5. The highest BCUT2D eigenvalue weighted by Gasteiger charge is 2.14. The smallest absolute Gasteiger partial charge is 0.267 e. The van der Waals surface area contributed by atoms with Gasteiger partial charge in [0, 0.05) is 18.4 Å². The summed E-state index contributed by atoms with van der Waals surface area (Å²) in [4.78, 5) is 12.5. The first kappa shape index (κ1) is 19.3. The number of anilines is 1. The van der Waals surface area contributed by atoms with E-state index in [4.69, 9.17) is 0 Å². The number of nitrogens with zero attached hydrogens (tertiary/aromatic N) is 1. The van der Waals surface area contributed by atoms with Crippen LogP contribution in [0.4, 0.5) is 5.69 Å². The van der Waals surface area contributed by atoms with Gasteiger partial charge in [-0.3, -0.25) is 4.79 Å². The van der Waals surface area contributed by atoms with Crippen molar-refractivity contribution in [1.29, 1.82) is 5.26 Å². The Labute approximate surface area is 155 Å². The highest BCUT2D eigenvalue weighted by atomic mass is 16.1. The van der Waals surface area contributed by atoms with Gasteiger partial charge in [-0.1, -0.05) is 62.4 Å². The molecule has 0 bridgehead atoms. The van der Waals surface area contributed by atoms with E-state index in [0.717, 1.165) is 23.2 Å². The van der Waals surface area contributed by atoms with E-state index >= 15 is 0 Å². The van der Waals surface area contributed by atoms with Crippen LogP contribution in [-0.4, -0.2) is 12.5 Å². The molecule has 0 aliphatic rings. The van der Waals surface area contributed by atoms with Gasteiger partial charge in [-0.2, -0.15) is 5.26 Å². The molecule has 26 heavy (non-hydrogen) atoms. The topological polar surface area (TPSA) is 64.9 Å². The molecule has 2 aromatic carbocycles. The SMILES string of the molecule is Cc1cccc(C(C)C)c1NC(=O)/C(C#N)=C\NCCc1ccccc1. The van der Waals surface area contributed by atoms with Crippen LogP contribution < -0.4 is 10.6 Å². The minimum atomic E-state index is -0.393. The number of nitrogens with one attached hydrogen (secondary N) is 2. The van der Waals surface area contributed by atoms with Crippen molar-refractivity contribution >= 4 is 11.6 Å². The summed E-state index contributed by atoms with van der Waals surface area (Å²) in [6.45, 7) is 6.77. The van der Waals surface area contributed by atoms with Crippen LogP contribution in [0, 0.1) is 18.3 Å². The quantitative estimate of drug-likeness (QED) is 0.446. The number of nitriles is 1. The van der Waals surface area contributed by atoms with Crippen molar-refractivity contribution < 1.29 is 4.79 Å². The molecule has 2 rings (SSSR count). The molecule has 0 heterocycles. The molecule has 0 aliphatic carbocycles. The Morgan fingerprint density at radius 2 is 1.88 bits per heavy atom. The van der Waals surface area contributed by atoms with E-state index < -0.39 is 5.91 Å². The Bertz CT molecular complexity index is 817. The van der Waals surface area contributed by atoms with E-state index in [2.05, 4.69) is 36.6 Å². The van der Waals surface area contributed by atoms with E-state index in [0.29, 0.717) is 6.54 Å². The number of rotatable bonds is 7. The molecule has 0 radical (unpaired) electrons. The average Bonchev–Trinajstić information content (AvgIpc) is 2.64. The number of carbonyl (C=O) groups is 1. The van der Waals surface area contributed by atoms with Gasteiger partial charge in [0.05, 0.1) is 0 Å². The summed E-state index contributed by atoms with van der Waals surface area (Å²) in [5.74, 6) is -0.111. The lowest BCUT2D eigenvalue weighted by molar-refractivity contribution is -0.112. The second-order valence-corrected chi connectivity index (χ2v) is 6.51. The molecule has 0 fully saturated rings. The Balaban J connectivity index is 2.02. The highest BCUT2D eigenvalue weighted by molar-refractivity contribution is 6.07. The lowest BCUT2D eigenvalue weighted by atomic mass is 9.98. The zero-order valence-corrected chi connectivity index (χ0v) is 15.5. The Morgan fingerprint density at radius 3 is 2.54 bits per heavy atom. The van der Waals surface area contributed by atoms with Gasteiger partial charge in [-0.15, -0.1) is 0 Å². The fourth-order valence-electron chi connectivity index (χ4n) is 2.71. The minimum absolute atomic E-state index is 0.0658. The van der Waals surface area contributed by atoms with Crippen LogP contribution in [0.15, 0.2) is 60.3 Å². The third-order valence-corrected chi connectivity index (χ3v) is 4.18. The van der Waals surface area contributed by atoms with E-state index in [1.165, 1.54) is 11.8 Å². The van der Waals surface area contributed by atoms with Gasteiger partial charge in [-0.05, 0) is 36.0 Å². The van der Waals surface area contributed by atoms with Crippen LogP contribution in [0.2, 0.25) is 0 Å². The Kier molecular flexibility index (Phi) is 6.99. The average molecular weight is 347 g/mol. The van der Waals surface area contributed by atoms with Crippen molar-refractivity contribution in [1.82, 2.24) is 5.32 Å². The van der Waals surface area contributed by atoms with Gasteiger partial charge >= 0.3 is 0 Å². The van der Waals surface area contributed by atoms with Crippen LogP contribution in [0.25, 0.3) is 0 Å². The summed E-state index contributed by atoms with van der Waals surface area (Å²) >= 11 is 0. The van der Waals surface area contributed by atoms with Gasteiger partial charge in [0.15, 0.2) is 0 Å². The summed E-state index contributed by atoms with van der Waals surface area (Å²) in [5, 5.41) is 15.3. The van der Waals surface area contributed by atoms with Crippen molar-refractivity contribution in [3.8, 4) is 6.07 Å². The number of carbonyl (C=O) groups excluding carboxylic acids is 1.